The summed E-state index contributed by atoms with van der Waals surface area (Å²) in [5, 5.41) is 19.8. The van der Waals surface area contributed by atoms with Gasteiger partial charge < -0.3 is 5.11 Å². The molecular formula is C11H16N2O4S. The molecule has 1 rings (SSSR count). The van der Waals surface area contributed by atoms with Crippen LogP contribution >= 0.6 is 11.3 Å². The molecule has 0 bridgehead atoms. The maximum Gasteiger partial charge on any atom is 0.326 e. The average molecular weight is 272 g/mol. The number of hydrogen-bond donors (Lipinski definition) is 1. The number of hydrogen-bond acceptors (Lipinski definition) is 5. The number of likely N-dealkylation sites (N-methyl/N-ethyl adjacent to an activating group) is 1. The van der Waals surface area contributed by atoms with Gasteiger partial charge in [-0.1, -0.05) is 24.7 Å². The van der Waals surface area contributed by atoms with Crippen molar-refractivity contribution in [1.29, 1.82) is 0 Å². The van der Waals surface area contributed by atoms with Crippen molar-refractivity contribution in [2.24, 2.45) is 0 Å². The summed E-state index contributed by atoms with van der Waals surface area (Å²) in [6, 6.07) is 2.06. The molecule has 0 saturated heterocycles. The van der Waals surface area contributed by atoms with Crippen LogP contribution in [-0.4, -0.2) is 34.5 Å². The molecule has 0 aliphatic rings. The fraction of sp³-hybridized carbons (Fsp3) is 0.545. The van der Waals surface area contributed by atoms with Crippen LogP contribution in [0.5, 0.6) is 0 Å². The molecule has 0 saturated carbocycles. The van der Waals surface area contributed by atoms with Gasteiger partial charge in [-0.15, -0.1) is 0 Å². The second-order valence-corrected chi connectivity index (χ2v) is 5.10. The van der Waals surface area contributed by atoms with Gasteiger partial charge in [0.25, 0.3) is 0 Å². The molecular weight excluding hydrogens is 256 g/mol. The minimum absolute atomic E-state index is 0.0276. The molecule has 6 nitrogen and oxygen atoms in total. The molecule has 1 N–H and O–H groups in total. The fourth-order valence-corrected chi connectivity index (χ4v) is 2.63. The van der Waals surface area contributed by atoms with Crippen molar-refractivity contribution in [2.45, 2.75) is 25.8 Å². The highest BCUT2D eigenvalue weighted by molar-refractivity contribution is 7.15. The van der Waals surface area contributed by atoms with E-state index >= 15 is 0 Å². The first-order chi connectivity index (χ1) is 8.47. The lowest BCUT2D eigenvalue weighted by Gasteiger charge is -2.23. The normalized spacial score (nSPS) is 12.6. The van der Waals surface area contributed by atoms with Gasteiger partial charge in [0.05, 0.1) is 4.92 Å². The van der Waals surface area contributed by atoms with Crippen molar-refractivity contribution in [3.63, 3.8) is 0 Å². The summed E-state index contributed by atoms with van der Waals surface area (Å²) in [5.41, 5.74) is 0. The van der Waals surface area contributed by atoms with E-state index < -0.39 is 16.9 Å². The predicted octanol–water partition coefficient (Wildman–Crippen LogP) is 2.51. The first-order valence-electron chi connectivity index (χ1n) is 5.64. The van der Waals surface area contributed by atoms with E-state index in [1.807, 2.05) is 6.92 Å². The highest BCUT2D eigenvalue weighted by Gasteiger charge is 2.27. The Bertz CT molecular complexity index is 432. The summed E-state index contributed by atoms with van der Waals surface area (Å²) in [5.74, 6) is -0.981. The van der Waals surface area contributed by atoms with Crippen LogP contribution in [0.3, 0.4) is 0 Å². The molecule has 100 valence electrons. The van der Waals surface area contributed by atoms with Gasteiger partial charge in [0.15, 0.2) is 0 Å². The van der Waals surface area contributed by atoms with Gasteiger partial charge in [-0.05, 0) is 26.1 Å². The van der Waals surface area contributed by atoms with Crippen LogP contribution in [0.1, 0.15) is 30.7 Å². The number of nitrogens with zero attached hydrogens (tertiary/aromatic N) is 2. The number of carboxylic acid groups (broad SMARTS) is 1. The Morgan fingerprint density at radius 3 is 2.72 bits per heavy atom. The zero-order valence-electron chi connectivity index (χ0n) is 10.3. The SMILES string of the molecule is CCCCN(C)C(C(=O)O)c1ccc([N+](=O)[O-])s1. The number of aliphatic carboxylic acids is 1. The van der Waals surface area contributed by atoms with Gasteiger partial charge >= 0.3 is 11.0 Å². The first kappa shape index (κ1) is 14.6. The van der Waals surface area contributed by atoms with Crippen LogP contribution in [0.15, 0.2) is 12.1 Å². The lowest BCUT2D eigenvalue weighted by Crippen LogP contribution is -2.31. The zero-order valence-corrected chi connectivity index (χ0v) is 11.1. The van der Waals surface area contributed by atoms with E-state index in [1.165, 1.54) is 12.1 Å². The number of unbranched alkanes of at least 4 members (excludes halogenated alkanes) is 1. The van der Waals surface area contributed by atoms with E-state index in [4.69, 9.17) is 0 Å². The number of carboxylic acids is 1. The average Bonchev–Trinajstić information content (AvgIpc) is 2.75. The van der Waals surface area contributed by atoms with Crippen molar-refractivity contribution in [2.75, 3.05) is 13.6 Å². The molecule has 1 atom stereocenters. The molecule has 0 amide bonds. The monoisotopic (exact) mass is 272 g/mol. The Kier molecular flexibility index (Phi) is 5.24. The summed E-state index contributed by atoms with van der Waals surface area (Å²) in [6.07, 6.45) is 1.87. The predicted molar refractivity (Wildman–Crippen MR) is 68.9 cm³/mol. The van der Waals surface area contributed by atoms with Crippen LogP contribution < -0.4 is 0 Å². The van der Waals surface area contributed by atoms with E-state index in [1.54, 1.807) is 11.9 Å². The summed E-state index contributed by atoms with van der Waals surface area (Å²) in [7, 11) is 1.72. The minimum atomic E-state index is -0.981. The molecule has 0 aliphatic heterocycles. The second-order valence-electron chi connectivity index (χ2n) is 4.01. The lowest BCUT2D eigenvalue weighted by atomic mass is 10.2. The van der Waals surface area contributed by atoms with E-state index in [0.29, 0.717) is 11.4 Å². The maximum absolute atomic E-state index is 11.3. The molecule has 0 fully saturated rings. The van der Waals surface area contributed by atoms with Crippen LogP contribution in [-0.2, 0) is 4.79 Å². The van der Waals surface area contributed by atoms with E-state index in [-0.39, 0.29) is 5.00 Å². The zero-order chi connectivity index (χ0) is 13.7. The van der Waals surface area contributed by atoms with Crippen molar-refractivity contribution < 1.29 is 14.8 Å². The third kappa shape index (κ3) is 3.51. The number of thiophene rings is 1. The van der Waals surface area contributed by atoms with Crippen LogP contribution in [0, 0.1) is 10.1 Å². The maximum atomic E-state index is 11.3. The molecule has 1 aromatic rings. The van der Waals surface area contributed by atoms with Crippen LogP contribution in [0.4, 0.5) is 5.00 Å². The Morgan fingerprint density at radius 1 is 1.61 bits per heavy atom. The summed E-state index contributed by atoms with van der Waals surface area (Å²) < 4.78 is 0. The third-order valence-electron chi connectivity index (χ3n) is 2.60. The van der Waals surface area contributed by atoms with Crippen molar-refractivity contribution in [3.05, 3.63) is 27.1 Å². The van der Waals surface area contributed by atoms with Crippen molar-refractivity contribution in [1.82, 2.24) is 4.90 Å². The summed E-state index contributed by atoms with van der Waals surface area (Å²) in [6.45, 7) is 2.68. The minimum Gasteiger partial charge on any atom is -0.480 e. The van der Waals surface area contributed by atoms with E-state index in [9.17, 15) is 20.0 Å². The smallest absolute Gasteiger partial charge is 0.326 e. The Morgan fingerprint density at radius 2 is 2.28 bits per heavy atom. The molecule has 1 heterocycles. The van der Waals surface area contributed by atoms with Gasteiger partial charge in [0.1, 0.15) is 6.04 Å². The summed E-state index contributed by atoms with van der Waals surface area (Å²) in [4.78, 5) is 23.6. The van der Waals surface area contributed by atoms with Gasteiger partial charge in [0, 0.05) is 10.9 Å². The van der Waals surface area contributed by atoms with E-state index in [0.717, 1.165) is 24.2 Å². The van der Waals surface area contributed by atoms with Gasteiger partial charge in [0.2, 0.25) is 0 Å². The van der Waals surface area contributed by atoms with Gasteiger partial charge in [-0.25, -0.2) is 0 Å². The molecule has 1 unspecified atom stereocenters. The summed E-state index contributed by atoms with van der Waals surface area (Å²) >= 11 is 0.918. The molecule has 0 aliphatic carbocycles. The molecule has 1 aromatic heterocycles. The highest BCUT2D eigenvalue weighted by Crippen LogP contribution is 2.31. The lowest BCUT2D eigenvalue weighted by molar-refractivity contribution is -0.380. The largest absolute Gasteiger partial charge is 0.480 e. The molecule has 0 radical (unpaired) electrons. The quantitative estimate of drug-likeness (QED) is 0.609. The van der Waals surface area contributed by atoms with Crippen LogP contribution in [0.2, 0.25) is 0 Å². The Hall–Kier alpha value is -1.47. The van der Waals surface area contributed by atoms with Crippen LogP contribution in [0.25, 0.3) is 0 Å². The fourth-order valence-electron chi connectivity index (χ4n) is 1.65. The number of nitro groups is 1. The Labute approximate surface area is 109 Å². The first-order valence-corrected chi connectivity index (χ1v) is 6.46. The highest BCUT2D eigenvalue weighted by atomic mass is 32.1. The molecule has 7 heteroatoms. The number of carbonyl (C=O) groups is 1. The second kappa shape index (κ2) is 6.46. The van der Waals surface area contributed by atoms with Gasteiger partial charge in [-0.3, -0.25) is 19.8 Å². The standard InChI is InChI=1S/C11H16N2O4S/c1-3-4-7-12(2)10(11(14)15)8-5-6-9(18-8)13(16)17/h5-6,10H,3-4,7H2,1-2H3,(H,14,15). The third-order valence-corrected chi connectivity index (χ3v) is 3.69. The van der Waals surface area contributed by atoms with E-state index in [2.05, 4.69) is 0 Å². The van der Waals surface area contributed by atoms with Gasteiger partial charge in [-0.2, -0.15) is 0 Å². The Balaban J connectivity index is 2.89. The number of rotatable bonds is 7. The molecule has 0 aromatic carbocycles. The molecule has 0 spiro atoms. The molecule has 18 heavy (non-hydrogen) atoms. The topological polar surface area (TPSA) is 83.7 Å². The van der Waals surface area contributed by atoms with Crippen molar-refractivity contribution in [3.8, 4) is 0 Å². The van der Waals surface area contributed by atoms with Crippen molar-refractivity contribution >= 4 is 22.3 Å².